The van der Waals surface area contributed by atoms with Gasteiger partial charge in [-0.25, -0.2) is 14.8 Å². The number of ether oxygens (including phenoxy) is 2. The van der Waals surface area contributed by atoms with E-state index in [0.717, 1.165) is 98.5 Å². The highest BCUT2D eigenvalue weighted by molar-refractivity contribution is 5.94. The van der Waals surface area contributed by atoms with Crippen molar-refractivity contribution in [3.63, 3.8) is 0 Å². The van der Waals surface area contributed by atoms with E-state index in [1.807, 2.05) is 30.0 Å². The van der Waals surface area contributed by atoms with Crippen molar-refractivity contribution in [1.82, 2.24) is 20.3 Å². The number of aryl methyl sites for hydroxylation is 1. The lowest BCUT2D eigenvalue weighted by molar-refractivity contribution is -0.123. The number of aromatic nitrogens is 3. The van der Waals surface area contributed by atoms with Gasteiger partial charge in [-0.3, -0.25) is 14.7 Å². The van der Waals surface area contributed by atoms with Gasteiger partial charge < -0.3 is 19.2 Å². The van der Waals surface area contributed by atoms with Gasteiger partial charge in [0.05, 0.1) is 19.9 Å². The molecular weight excluding hydrogens is 570 g/mol. The Labute approximate surface area is 265 Å². The van der Waals surface area contributed by atoms with Crippen LogP contribution >= 0.6 is 0 Å². The van der Waals surface area contributed by atoms with Crippen molar-refractivity contribution in [2.45, 2.75) is 83.0 Å². The minimum Gasteiger partial charge on any atom is -0.495 e. The highest BCUT2D eigenvalue weighted by Gasteiger charge is 2.34. The number of carbonyl (C=O) groups excluding carboxylic acids is 2. The molecule has 3 aromatic heterocycles. The average molecular weight is 616 g/mol. The summed E-state index contributed by atoms with van der Waals surface area (Å²) in [6.07, 6.45) is 12.9. The molecule has 3 aromatic rings. The zero-order valence-corrected chi connectivity index (χ0v) is 26.7. The summed E-state index contributed by atoms with van der Waals surface area (Å²) in [6, 6.07) is 8.05. The Kier molecular flexibility index (Phi) is 9.66. The van der Waals surface area contributed by atoms with Crippen LogP contribution in [0, 0.1) is 24.7 Å². The Morgan fingerprint density at radius 3 is 2.36 bits per heavy atom. The topological polar surface area (TPSA) is 120 Å². The average Bonchev–Trinajstić information content (AvgIpc) is 3.82. The number of carbonyl (C=O) groups is 2. The number of pyridine rings is 2. The summed E-state index contributed by atoms with van der Waals surface area (Å²) in [5, 5.41) is 2.82. The molecule has 3 heterocycles. The van der Waals surface area contributed by atoms with Crippen LogP contribution in [0.5, 0.6) is 5.75 Å². The molecule has 0 saturated heterocycles. The molecule has 10 heteroatoms. The van der Waals surface area contributed by atoms with Crippen LogP contribution in [-0.2, 0) is 9.53 Å². The summed E-state index contributed by atoms with van der Waals surface area (Å²) in [5.74, 6) is 3.95. The highest BCUT2D eigenvalue weighted by atomic mass is 16.5. The van der Waals surface area contributed by atoms with Crippen LogP contribution in [0.15, 0.2) is 41.1 Å². The highest BCUT2D eigenvalue weighted by Crippen LogP contribution is 2.41. The second kappa shape index (κ2) is 14.0. The summed E-state index contributed by atoms with van der Waals surface area (Å²) in [6.45, 7) is 3.22. The monoisotopic (exact) mass is 615 g/mol. The molecule has 3 aliphatic rings. The summed E-state index contributed by atoms with van der Waals surface area (Å²) < 4.78 is 15.9. The van der Waals surface area contributed by atoms with Crippen molar-refractivity contribution in [2.75, 3.05) is 32.2 Å². The molecule has 3 fully saturated rings. The minimum atomic E-state index is -0.408. The maximum atomic E-state index is 14.3. The smallest absolute Gasteiger partial charge is 0.406 e. The van der Waals surface area contributed by atoms with Crippen LogP contribution in [-0.4, -0.2) is 54.3 Å². The predicted octanol–water partition coefficient (Wildman–Crippen LogP) is 6.80. The Morgan fingerprint density at radius 1 is 0.933 bits per heavy atom. The number of hydrogen-bond acceptors (Lipinski definition) is 8. The van der Waals surface area contributed by atoms with Gasteiger partial charge in [0.25, 0.3) is 0 Å². The molecule has 10 nitrogen and oxygen atoms in total. The second-order valence-electron chi connectivity index (χ2n) is 13.0. The molecule has 0 spiro atoms. The van der Waals surface area contributed by atoms with Crippen LogP contribution in [0.2, 0.25) is 0 Å². The summed E-state index contributed by atoms with van der Waals surface area (Å²) >= 11 is 0. The Bertz CT molecular complexity index is 1470. The minimum absolute atomic E-state index is 0.0684. The summed E-state index contributed by atoms with van der Waals surface area (Å²) in [5.41, 5.74) is 3.75. The van der Waals surface area contributed by atoms with Gasteiger partial charge in [-0.05, 0) is 107 Å². The SMILES string of the molecule is COC(=O)NCC1CCC(C(=O)N(CC2CCC(c3ccc(OC)c(C)n3)CC2)c2cc(-c3coc(C4CC4)n3)ccn2)CC1. The Morgan fingerprint density at radius 2 is 1.67 bits per heavy atom. The molecule has 240 valence electrons. The first-order chi connectivity index (χ1) is 21.9. The number of methoxy groups -OCH3 is 2. The van der Waals surface area contributed by atoms with Crippen LogP contribution in [0.3, 0.4) is 0 Å². The maximum absolute atomic E-state index is 14.3. The first-order valence-electron chi connectivity index (χ1n) is 16.5. The van der Waals surface area contributed by atoms with Crippen molar-refractivity contribution < 1.29 is 23.5 Å². The first kappa shape index (κ1) is 31.0. The molecule has 0 radical (unpaired) electrons. The van der Waals surface area contributed by atoms with Gasteiger partial charge in [0, 0.05) is 48.3 Å². The van der Waals surface area contributed by atoms with Crippen LogP contribution < -0.4 is 15.0 Å². The van der Waals surface area contributed by atoms with Crippen molar-refractivity contribution in [2.24, 2.45) is 17.8 Å². The van der Waals surface area contributed by atoms with E-state index in [-0.39, 0.29) is 11.8 Å². The van der Waals surface area contributed by atoms with E-state index in [0.29, 0.717) is 42.6 Å². The first-order valence-corrected chi connectivity index (χ1v) is 16.5. The molecule has 0 aromatic carbocycles. The number of hydrogen-bond donors (Lipinski definition) is 1. The van der Waals surface area contributed by atoms with E-state index in [9.17, 15) is 9.59 Å². The molecule has 3 saturated carbocycles. The molecule has 45 heavy (non-hydrogen) atoms. The number of rotatable bonds is 10. The quantitative estimate of drug-likeness (QED) is 0.265. The van der Waals surface area contributed by atoms with E-state index in [1.54, 1.807) is 19.6 Å². The molecule has 0 atom stereocenters. The molecule has 2 amide bonds. The standard InChI is InChI=1S/C35H45N5O5/c1-22-31(43-2)15-14-29(38-22)25-8-6-24(7-9-25)20-40(34(41)27-10-4-23(5-11-27)19-37-35(42)44-3)32-18-28(16-17-36-32)30-21-45-33(39-30)26-12-13-26/h14-18,21,23-27H,4-13,19-20H2,1-3H3,(H,37,42). The zero-order chi connectivity index (χ0) is 31.3. The van der Waals surface area contributed by atoms with E-state index >= 15 is 0 Å². The second-order valence-corrected chi connectivity index (χ2v) is 13.0. The fraction of sp³-hybridized carbons (Fsp3) is 0.571. The number of oxazole rings is 1. The molecule has 0 unspecified atom stereocenters. The van der Waals surface area contributed by atoms with Crippen LogP contribution in [0.4, 0.5) is 10.6 Å². The van der Waals surface area contributed by atoms with Crippen LogP contribution in [0.25, 0.3) is 11.3 Å². The van der Waals surface area contributed by atoms with E-state index in [2.05, 4.69) is 11.4 Å². The molecule has 6 rings (SSSR count). The van der Waals surface area contributed by atoms with Crippen molar-refractivity contribution in [1.29, 1.82) is 0 Å². The largest absolute Gasteiger partial charge is 0.495 e. The number of amides is 2. The van der Waals surface area contributed by atoms with Crippen LogP contribution in [0.1, 0.15) is 93.3 Å². The Hall–Kier alpha value is -3.95. The van der Waals surface area contributed by atoms with Crippen molar-refractivity contribution in [3.05, 3.63) is 54.0 Å². The van der Waals surface area contributed by atoms with Gasteiger partial charge in [0.15, 0.2) is 5.89 Å². The zero-order valence-electron chi connectivity index (χ0n) is 26.7. The van der Waals surface area contributed by atoms with Crippen molar-refractivity contribution in [3.8, 4) is 17.0 Å². The fourth-order valence-electron chi connectivity index (χ4n) is 7.00. The third kappa shape index (κ3) is 7.48. The van der Waals surface area contributed by atoms with E-state index in [1.165, 1.54) is 7.11 Å². The summed E-state index contributed by atoms with van der Waals surface area (Å²) in [4.78, 5) is 42.1. The number of nitrogens with one attached hydrogen (secondary N) is 1. The van der Waals surface area contributed by atoms with Gasteiger partial charge >= 0.3 is 6.09 Å². The fourth-order valence-corrected chi connectivity index (χ4v) is 7.00. The van der Waals surface area contributed by atoms with E-state index in [4.69, 9.17) is 28.8 Å². The normalized spacial score (nSPS) is 23.3. The van der Waals surface area contributed by atoms with Gasteiger partial charge in [-0.15, -0.1) is 0 Å². The van der Waals surface area contributed by atoms with Gasteiger partial charge in [0.2, 0.25) is 5.91 Å². The summed E-state index contributed by atoms with van der Waals surface area (Å²) in [7, 11) is 3.05. The van der Waals surface area contributed by atoms with Crippen molar-refractivity contribution >= 4 is 17.8 Å². The molecule has 0 bridgehead atoms. The molecule has 0 aliphatic heterocycles. The number of anilines is 1. The lowest BCUT2D eigenvalue weighted by Gasteiger charge is -2.35. The van der Waals surface area contributed by atoms with Gasteiger partial charge in [0.1, 0.15) is 23.5 Å². The lowest BCUT2D eigenvalue weighted by Crippen LogP contribution is -2.42. The van der Waals surface area contributed by atoms with Gasteiger partial charge in [-0.1, -0.05) is 0 Å². The van der Waals surface area contributed by atoms with E-state index < -0.39 is 6.09 Å². The Balaban J connectivity index is 1.16. The third-order valence-corrected chi connectivity index (χ3v) is 9.93. The molecule has 3 aliphatic carbocycles. The predicted molar refractivity (Wildman–Crippen MR) is 170 cm³/mol. The van der Waals surface area contributed by atoms with Gasteiger partial charge in [-0.2, -0.15) is 0 Å². The number of alkyl carbamates (subject to hydrolysis) is 1. The third-order valence-electron chi connectivity index (χ3n) is 9.93. The molecule has 1 N–H and O–H groups in total. The number of nitrogens with zero attached hydrogens (tertiary/aromatic N) is 4. The maximum Gasteiger partial charge on any atom is 0.406 e. The molecular formula is C35H45N5O5. The lowest BCUT2D eigenvalue weighted by atomic mass is 9.79.